The standard InChI is InChI=1S/C8H18N2O3S/c1-8-7-13-5-4-10(8)14(11,12)6-2-3-9/h8H,2-7,9H2,1H3. The zero-order valence-electron chi connectivity index (χ0n) is 8.48. The summed E-state index contributed by atoms with van der Waals surface area (Å²) in [5.41, 5.74) is 5.29. The molecule has 1 fully saturated rings. The average Bonchev–Trinajstić information content (AvgIpc) is 2.15. The molecule has 0 bridgehead atoms. The molecule has 0 aliphatic carbocycles. The van der Waals surface area contributed by atoms with Crippen molar-refractivity contribution < 1.29 is 13.2 Å². The smallest absolute Gasteiger partial charge is 0.214 e. The van der Waals surface area contributed by atoms with Crippen LogP contribution in [0.2, 0.25) is 0 Å². The van der Waals surface area contributed by atoms with Gasteiger partial charge in [-0.25, -0.2) is 8.42 Å². The van der Waals surface area contributed by atoms with Crippen LogP contribution < -0.4 is 5.73 Å². The van der Waals surface area contributed by atoms with E-state index in [1.54, 1.807) is 0 Å². The van der Waals surface area contributed by atoms with Crippen molar-refractivity contribution in [1.82, 2.24) is 4.31 Å². The predicted molar refractivity (Wildman–Crippen MR) is 54.4 cm³/mol. The Kier molecular flexibility index (Phi) is 4.31. The largest absolute Gasteiger partial charge is 0.378 e. The molecule has 1 rings (SSSR count). The van der Waals surface area contributed by atoms with E-state index >= 15 is 0 Å². The monoisotopic (exact) mass is 222 g/mol. The van der Waals surface area contributed by atoms with Gasteiger partial charge in [0.1, 0.15) is 0 Å². The zero-order chi connectivity index (χ0) is 10.6. The van der Waals surface area contributed by atoms with Crippen LogP contribution >= 0.6 is 0 Å². The molecule has 2 N–H and O–H groups in total. The summed E-state index contributed by atoms with van der Waals surface area (Å²) in [6.07, 6.45) is 0.520. The van der Waals surface area contributed by atoms with Crippen LogP contribution in [0.15, 0.2) is 0 Å². The summed E-state index contributed by atoms with van der Waals surface area (Å²) in [4.78, 5) is 0. The topological polar surface area (TPSA) is 72.6 Å². The van der Waals surface area contributed by atoms with Gasteiger partial charge in [-0.1, -0.05) is 0 Å². The third-order valence-electron chi connectivity index (χ3n) is 2.27. The Labute approximate surface area is 85.3 Å². The third kappa shape index (κ3) is 2.91. The Balaban J connectivity index is 2.60. The summed E-state index contributed by atoms with van der Waals surface area (Å²) >= 11 is 0. The number of rotatable bonds is 4. The van der Waals surface area contributed by atoms with Crippen LogP contribution in [0.3, 0.4) is 0 Å². The summed E-state index contributed by atoms with van der Waals surface area (Å²) in [5, 5.41) is 0. The first-order valence-corrected chi connectivity index (χ1v) is 6.46. The van der Waals surface area contributed by atoms with Gasteiger partial charge in [0.15, 0.2) is 0 Å². The van der Waals surface area contributed by atoms with Crippen LogP contribution in [0.5, 0.6) is 0 Å². The average molecular weight is 222 g/mol. The number of hydrogen-bond acceptors (Lipinski definition) is 4. The van der Waals surface area contributed by atoms with E-state index in [1.165, 1.54) is 4.31 Å². The predicted octanol–water partition coefficient (Wildman–Crippen LogP) is -0.614. The lowest BCUT2D eigenvalue weighted by atomic mass is 10.3. The van der Waals surface area contributed by atoms with Gasteiger partial charge in [0, 0.05) is 12.6 Å². The molecule has 5 nitrogen and oxygen atoms in total. The second kappa shape index (κ2) is 5.06. The van der Waals surface area contributed by atoms with Crippen molar-refractivity contribution in [3.63, 3.8) is 0 Å². The van der Waals surface area contributed by atoms with Crippen molar-refractivity contribution in [1.29, 1.82) is 0 Å². The number of nitrogens with zero attached hydrogens (tertiary/aromatic N) is 1. The minimum absolute atomic E-state index is 0.0495. The molecule has 84 valence electrons. The highest BCUT2D eigenvalue weighted by Crippen LogP contribution is 2.12. The number of morpholine rings is 1. The first-order chi connectivity index (χ1) is 6.58. The van der Waals surface area contributed by atoms with E-state index in [1.807, 2.05) is 6.92 Å². The van der Waals surface area contributed by atoms with Gasteiger partial charge >= 0.3 is 0 Å². The summed E-state index contributed by atoms with van der Waals surface area (Å²) in [6.45, 7) is 3.72. The minimum atomic E-state index is -3.12. The van der Waals surface area contributed by atoms with Gasteiger partial charge < -0.3 is 10.5 Å². The van der Waals surface area contributed by atoms with Crippen LogP contribution in [0.4, 0.5) is 0 Å². The fraction of sp³-hybridized carbons (Fsp3) is 1.00. The summed E-state index contributed by atoms with van der Waals surface area (Å²) < 4.78 is 30.2. The first kappa shape index (κ1) is 11.9. The lowest BCUT2D eigenvalue weighted by Gasteiger charge is -2.32. The Bertz CT molecular complexity index is 266. The zero-order valence-corrected chi connectivity index (χ0v) is 9.29. The molecule has 0 aromatic rings. The number of ether oxygens (including phenoxy) is 1. The normalized spacial score (nSPS) is 25.1. The fourth-order valence-corrected chi connectivity index (χ4v) is 3.24. The van der Waals surface area contributed by atoms with Crippen molar-refractivity contribution in [2.45, 2.75) is 19.4 Å². The maximum absolute atomic E-state index is 11.8. The molecule has 1 heterocycles. The van der Waals surface area contributed by atoms with Gasteiger partial charge in [0.25, 0.3) is 0 Å². The Morgan fingerprint density at radius 2 is 2.29 bits per heavy atom. The first-order valence-electron chi connectivity index (χ1n) is 4.85. The van der Waals surface area contributed by atoms with Crippen LogP contribution in [0.1, 0.15) is 13.3 Å². The summed E-state index contributed by atoms with van der Waals surface area (Å²) in [5.74, 6) is 0.147. The molecule has 1 saturated heterocycles. The van der Waals surface area contributed by atoms with E-state index in [9.17, 15) is 8.42 Å². The fourth-order valence-electron chi connectivity index (χ4n) is 1.51. The molecule has 0 spiro atoms. The molecular weight excluding hydrogens is 204 g/mol. The molecule has 1 aliphatic heterocycles. The highest BCUT2D eigenvalue weighted by Gasteiger charge is 2.29. The van der Waals surface area contributed by atoms with Crippen molar-refractivity contribution in [3.05, 3.63) is 0 Å². The van der Waals surface area contributed by atoms with E-state index in [0.717, 1.165) is 0 Å². The molecule has 0 amide bonds. The second-order valence-corrected chi connectivity index (χ2v) is 5.53. The van der Waals surface area contributed by atoms with Gasteiger partial charge in [0.05, 0.1) is 19.0 Å². The van der Waals surface area contributed by atoms with Crippen molar-refractivity contribution >= 4 is 10.0 Å². The van der Waals surface area contributed by atoms with Crippen LogP contribution in [0, 0.1) is 0 Å². The van der Waals surface area contributed by atoms with Crippen LogP contribution in [-0.2, 0) is 14.8 Å². The molecule has 1 atom stereocenters. The Morgan fingerprint density at radius 3 is 2.86 bits per heavy atom. The number of sulfonamides is 1. The molecule has 0 aromatic carbocycles. The number of nitrogens with two attached hydrogens (primary N) is 1. The molecule has 6 heteroatoms. The quantitative estimate of drug-likeness (QED) is 0.688. The van der Waals surface area contributed by atoms with E-state index < -0.39 is 10.0 Å². The van der Waals surface area contributed by atoms with Gasteiger partial charge in [-0.05, 0) is 19.9 Å². The molecule has 0 aromatic heterocycles. The molecule has 0 radical (unpaired) electrons. The van der Waals surface area contributed by atoms with Gasteiger partial charge in [0.2, 0.25) is 10.0 Å². The maximum Gasteiger partial charge on any atom is 0.214 e. The molecule has 14 heavy (non-hydrogen) atoms. The minimum Gasteiger partial charge on any atom is -0.378 e. The lowest BCUT2D eigenvalue weighted by molar-refractivity contribution is 0.0393. The molecular formula is C8H18N2O3S. The second-order valence-electron chi connectivity index (χ2n) is 3.49. The number of hydrogen-bond donors (Lipinski definition) is 1. The van der Waals surface area contributed by atoms with Crippen molar-refractivity contribution in [2.24, 2.45) is 5.73 Å². The Morgan fingerprint density at radius 1 is 1.57 bits per heavy atom. The van der Waals surface area contributed by atoms with Crippen LogP contribution in [-0.4, -0.2) is 50.8 Å². The molecule has 1 unspecified atom stereocenters. The van der Waals surface area contributed by atoms with E-state index in [0.29, 0.717) is 32.7 Å². The van der Waals surface area contributed by atoms with E-state index in [4.69, 9.17) is 10.5 Å². The van der Waals surface area contributed by atoms with E-state index in [-0.39, 0.29) is 11.8 Å². The van der Waals surface area contributed by atoms with Gasteiger partial charge in [-0.2, -0.15) is 4.31 Å². The lowest BCUT2D eigenvalue weighted by Crippen LogP contribution is -2.48. The van der Waals surface area contributed by atoms with E-state index in [2.05, 4.69) is 0 Å². The van der Waals surface area contributed by atoms with Crippen molar-refractivity contribution in [3.8, 4) is 0 Å². The SMILES string of the molecule is CC1COCCN1S(=O)(=O)CCCN. The highest BCUT2D eigenvalue weighted by molar-refractivity contribution is 7.89. The van der Waals surface area contributed by atoms with Crippen molar-refractivity contribution in [2.75, 3.05) is 32.1 Å². The summed E-state index contributed by atoms with van der Waals surface area (Å²) in [7, 11) is -3.12. The summed E-state index contributed by atoms with van der Waals surface area (Å²) in [6, 6.07) is -0.0495. The van der Waals surface area contributed by atoms with Gasteiger partial charge in [-0.15, -0.1) is 0 Å². The molecule has 1 aliphatic rings. The maximum atomic E-state index is 11.8. The van der Waals surface area contributed by atoms with Gasteiger partial charge in [-0.3, -0.25) is 0 Å². The van der Waals surface area contributed by atoms with Crippen LogP contribution in [0.25, 0.3) is 0 Å². The third-order valence-corrected chi connectivity index (χ3v) is 4.33. The highest BCUT2D eigenvalue weighted by atomic mass is 32.2. The molecule has 0 saturated carbocycles. The Hall–Kier alpha value is -0.170.